The van der Waals surface area contributed by atoms with E-state index in [-0.39, 0.29) is 31.6 Å². The molecular formula is C22H26N5O8P. The van der Waals surface area contributed by atoms with E-state index in [1.165, 1.54) is 14.2 Å². The Balaban J connectivity index is 1.28. The first-order valence-electron chi connectivity index (χ1n) is 11.1. The molecule has 0 aliphatic carbocycles. The van der Waals surface area contributed by atoms with E-state index in [2.05, 4.69) is 15.0 Å². The van der Waals surface area contributed by atoms with E-state index in [9.17, 15) is 9.90 Å². The van der Waals surface area contributed by atoms with E-state index in [1.807, 2.05) is 0 Å². The molecule has 13 nitrogen and oxygen atoms in total. The van der Waals surface area contributed by atoms with Gasteiger partial charge in [-0.25, -0.2) is 9.78 Å². The minimum absolute atomic E-state index is 0.0437. The zero-order chi connectivity index (χ0) is 25.4. The zero-order valence-corrected chi connectivity index (χ0v) is 20.8. The quantitative estimate of drug-likeness (QED) is 0.343. The average molecular weight is 519 g/mol. The molecule has 4 heterocycles. The number of nitrogens with two attached hydrogens (primary N) is 1. The zero-order valence-electron chi connectivity index (χ0n) is 19.9. The number of aromatic nitrogens is 4. The number of hydrogen-bond donors (Lipinski definition) is 2. The van der Waals surface area contributed by atoms with Gasteiger partial charge in [0.25, 0.3) is 0 Å². The molecule has 14 heteroatoms. The van der Waals surface area contributed by atoms with Crippen LogP contribution in [0.4, 0.5) is 5.95 Å². The van der Waals surface area contributed by atoms with Gasteiger partial charge in [0.05, 0.1) is 45.9 Å². The fourth-order valence-electron chi connectivity index (χ4n) is 4.30. The summed E-state index contributed by atoms with van der Waals surface area (Å²) >= 11 is 0. The first-order valence-corrected chi connectivity index (χ1v) is 12.2. The normalized spacial score (nSPS) is 27.7. The standard InChI is InChI=1S/C22H26N5O8P/c1-22(29)15(8-27-11-24-16-18(27)25-21(23)26-19(16)30-2)34-14-10-33-36(35-17(14)22)32-9-12-6-4-5-7-13(12)20(28)31-3/h4-7,11,14-15,17,29H,8-10H2,1-3H3,(H2,23,25,26)/t14-,15+,17-,22+,36?/m1/s1. The van der Waals surface area contributed by atoms with Crippen molar-refractivity contribution in [3.8, 4) is 5.88 Å². The summed E-state index contributed by atoms with van der Waals surface area (Å²) in [6.45, 7) is 2.13. The Hall–Kier alpha value is -2.93. The molecule has 0 radical (unpaired) electrons. The predicted molar refractivity (Wildman–Crippen MR) is 126 cm³/mol. The van der Waals surface area contributed by atoms with E-state index in [1.54, 1.807) is 42.1 Å². The molecule has 1 unspecified atom stereocenters. The molecule has 3 N–H and O–H groups in total. The Bertz CT molecular complexity index is 1270. The molecule has 5 rings (SSSR count). The van der Waals surface area contributed by atoms with Crippen molar-refractivity contribution in [2.24, 2.45) is 0 Å². The highest BCUT2D eigenvalue weighted by molar-refractivity contribution is 7.41. The maximum absolute atomic E-state index is 12.0. The Morgan fingerprint density at radius 1 is 1.33 bits per heavy atom. The molecule has 2 aromatic heterocycles. The Morgan fingerprint density at radius 3 is 2.92 bits per heavy atom. The van der Waals surface area contributed by atoms with Crippen LogP contribution in [0, 0.1) is 0 Å². The van der Waals surface area contributed by atoms with E-state index in [4.69, 9.17) is 33.5 Å². The van der Waals surface area contributed by atoms with Crippen molar-refractivity contribution >= 4 is 31.7 Å². The van der Waals surface area contributed by atoms with Gasteiger partial charge in [-0.3, -0.25) is 0 Å². The number of benzene rings is 1. The number of nitrogens with zero attached hydrogens (tertiary/aromatic N) is 4. The van der Waals surface area contributed by atoms with Gasteiger partial charge in [-0.05, 0) is 18.6 Å². The lowest BCUT2D eigenvalue weighted by atomic mass is 9.93. The number of anilines is 1. The number of fused-ring (bicyclic) bond motifs is 2. The van der Waals surface area contributed by atoms with Gasteiger partial charge in [0.15, 0.2) is 11.2 Å². The monoisotopic (exact) mass is 519 g/mol. The largest absolute Gasteiger partial charge is 0.479 e. The van der Waals surface area contributed by atoms with Crippen LogP contribution in [0.3, 0.4) is 0 Å². The van der Waals surface area contributed by atoms with Gasteiger partial charge in [-0.2, -0.15) is 9.97 Å². The third kappa shape index (κ3) is 4.49. The molecule has 2 aliphatic heterocycles. The molecule has 0 bridgehead atoms. The van der Waals surface area contributed by atoms with Crippen molar-refractivity contribution in [2.75, 3.05) is 26.6 Å². The summed E-state index contributed by atoms with van der Waals surface area (Å²) in [6.07, 6.45) is -0.291. The van der Waals surface area contributed by atoms with Crippen molar-refractivity contribution in [1.82, 2.24) is 19.5 Å². The van der Waals surface area contributed by atoms with Crippen LogP contribution in [0.15, 0.2) is 30.6 Å². The summed E-state index contributed by atoms with van der Waals surface area (Å²) in [5, 5.41) is 11.4. The van der Waals surface area contributed by atoms with Gasteiger partial charge >= 0.3 is 14.6 Å². The third-order valence-electron chi connectivity index (χ3n) is 6.20. The summed E-state index contributed by atoms with van der Waals surface area (Å²) in [6, 6.07) is 6.96. The Labute approximate surface area is 207 Å². The lowest BCUT2D eigenvalue weighted by Crippen LogP contribution is -2.49. The molecule has 0 saturated carbocycles. The fourth-order valence-corrected chi connectivity index (χ4v) is 5.54. The molecule has 5 atom stereocenters. The molecule has 2 fully saturated rings. The third-order valence-corrected chi connectivity index (χ3v) is 7.30. The maximum atomic E-state index is 12.0. The second-order valence-electron chi connectivity index (χ2n) is 8.52. The van der Waals surface area contributed by atoms with Crippen LogP contribution in [0.5, 0.6) is 5.88 Å². The molecule has 0 amide bonds. The lowest BCUT2D eigenvalue weighted by molar-refractivity contribution is -0.0686. The SMILES string of the molecule is COC(=O)c1ccccc1COP1OC[C@H]2O[C@@H](Cn3cnc4c(OC)nc(N)nc43)[C@](C)(O)[C@@H]2O1. The fraction of sp³-hybridized carbons (Fsp3) is 0.455. The number of rotatable bonds is 7. The number of carbonyl (C=O) groups excluding carboxylic acids is 1. The summed E-state index contributed by atoms with van der Waals surface area (Å²) in [5.74, 6) is -0.154. The van der Waals surface area contributed by atoms with Crippen molar-refractivity contribution in [3.63, 3.8) is 0 Å². The van der Waals surface area contributed by atoms with Gasteiger partial charge in [0.2, 0.25) is 11.8 Å². The predicted octanol–water partition coefficient (Wildman–Crippen LogP) is 1.58. The highest BCUT2D eigenvalue weighted by Crippen LogP contribution is 2.51. The van der Waals surface area contributed by atoms with E-state index in [0.29, 0.717) is 22.3 Å². The van der Waals surface area contributed by atoms with Crippen LogP contribution in [0.25, 0.3) is 11.2 Å². The second-order valence-corrected chi connectivity index (χ2v) is 9.69. The number of aliphatic hydroxyl groups is 1. The van der Waals surface area contributed by atoms with Crippen molar-refractivity contribution in [1.29, 1.82) is 0 Å². The molecule has 192 valence electrons. The Kier molecular flexibility index (Phi) is 6.77. The molecule has 3 aromatic rings. The highest BCUT2D eigenvalue weighted by Gasteiger charge is 2.57. The van der Waals surface area contributed by atoms with Crippen molar-refractivity contribution in [2.45, 2.75) is 44.0 Å². The summed E-state index contributed by atoms with van der Waals surface area (Å²) in [4.78, 5) is 24.6. The summed E-state index contributed by atoms with van der Waals surface area (Å²) in [5.41, 5.74) is 6.38. The van der Waals surface area contributed by atoms with E-state index in [0.717, 1.165) is 0 Å². The Morgan fingerprint density at radius 2 is 2.14 bits per heavy atom. The number of nitrogen functional groups attached to an aromatic ring is 1. The van der Waals surface area contributed by atoms with Gasteiger partial charge in [-0.15, -0.1) is 0 Å². The number of methoxy groups -OCH3 is 2. The van der Waals surface area contributed by atoms with Gasteiger partial charge < -0.3 is 43.2 Å². The first-order chi connectivity index (χ1) is 17.3. The van der Waals surface area contributed by atoms with E-state index < -0.39 is 38.5 Å². The molecule has 1 aromatic carbocycles. The smallest absolute Gasteiger partial charge is 0.338 e. The molecule has 0 spiro atoms. The molecule has 2 aliphatic rings. The first kappa shape index (κ1) is 24.8. The van der Waals surface area contributed by atoms with Crippen LogP contribution in [-0.4, -0.2) is 75.3 Å². The van der Waals surface area contributed by atoms with E-state index >= 15 is 0 Å². The van der Waals surface area contributed by atoms with Crippen LogP contribution in [0.2, 0.25) is 0 Å². The molecule has 36 heavy (non-hydrogen) atoms. The van der Waals surface area contributed by atoms with Crippen LogP contribution < -0.4 is 10.5 Å². The summed E-state index contributed by atoms with van der Waals surface area (Å²) < 4.78 is 35.5. The van der Waals surface area contributed by atoms with Crippen LogP contribution in [-0.2, 0) is 36.2 Å². The van der Waals surface area contributed by atoms with Crippen molar-refractivity contribution < 1.29 is 37.7 Å². The van der Waals surface area contributed by atoms with Crippen molar-refractivity contribution in [3.05, 3.63) is 41.7 Å². The van der Waals surface area contributed by atoms with Crippen LogP contribution >= 0.6 is 8.60 Å². The number of imidazole rings is 1. The van der Waals surface area contributed by atoms with Gasteiger partial charge in [-0.1, -0.05) is 18.2 Å². The number of ether oxygens (including phenoxy) is 3. The highest BCUT2D eigenvalue weighted by atomic mass is 31.2. The topological polar surface area (TPSA) is 162 Å². The average Bonchev–Trinajstić information content (AvgIpc) is 3.39. The van der Waals surface area contributed by atoms with Gasteiger partial charge in [0, 0.05) is 0 Å². The second kappa shape index (κ2) is 9.85. The lowest BCUT2D eigenvalue weighted by Gasteiger charge is -2.34. The minimum Gasteiger partial charge on any atom is -0.479 e. The molecule has 2 saturated heterocycles. The number of carbonyl (C=O) groups is 1. The van der Waals surface area contributed by atoms with Crippen LogP contribution in [0.1, 0.15) is 22.8 Å². The van der Waals surface area contributed by atoms with Gasteiger partial charge in [0.1, 0.15) is 23.9 Å². The molecular weight excluding hydrogens is 493 g/mol. The maximum Gasteiger partial charge on any atom is 0.338 e. The number of esters is 1. The minimum atomic E-state index is -1.79. The summed E-state index contributed by atoms with van der Waals surface area (Å²) in [7, 11) is 1.000. The number of hydrogen-bond acceptors (Lipinski definition) is 12.